The molecule has 150 valence electrons. The molecular weight excluding hydrogens is 354 g/mol. The monoisotopic (exact) mass is 384 g/mol. The molecule has 1 nitrogen and oxygen atoms in total. The van der Waals surface area contributed by atoms with Crippen LogP contribution in [0.2, 0.25) is 0 Å². The maximum Gasteiger partial charge on any atom is 0.127 e. The zero-order valence-corrected chi connectivity index (χ0v) is 16.9. The zero-order valence-electron chi connectivity index (χ0n) is 16.9. The van der Waals surface area contributed by atoms with Crippen LogP contribution in [0.5, 0.6) is 0 Å². The first-order chi connectivity index (χ1) is 13.6. The van der Waals surface area contributed by atoms with Gasteiger partial charge in [-0.25, -0.2) is 8.78 Å². The van der Waals surface area contributed by atoms with E-state index in [1.54, 1.807) is 6.07 Å². The van der Waals surface area contributed by atoms with Crippen LogP contribution in [0.3, 0.4) is 0 Å². The predicted molar refractivity (Wildman–Crippen MR) is 112 cm³/mol. The normalized spacial score (nSPS) is 20.0. The minimum Gasteiger partial charge on any atom is -0.379 e. The van der Waals surface area contributed by atoms with Gasteiger partial charge in [-0.05, 0) is 92.7 Å². The van der Waals surface area contributed by atoms with Gasteiger partial charge in [0.05, 0.1) is 6.10 Å². The molecule has 0 spiro atoms. The summed E-state index contributed by atoms with van der Waals surface area (Å²) in [6.07, 6.45) is 9.70. The fourth-order valence-electron chi connectivity index (χ4n) is 4.15. The van der Waals surface area contributed by atoms with Crippen LogP contribution in [-0.2, 0) is 11.2 Å². The summed E-state index contributed by atoms with van der Waals surface area (Å²) in [5, 5.41) is 0. The van der Waals surface area contributed by atoms with Gasteiger partial charge in [0.2, 0.25) is 0 Å². The van der Waals surface area contributed by atoms with Gasteiger partial charge in [0.15, 0.2) is 0 Å². The molecule has 0 saturated heterocycles. The second-order valence-electron chi connectivity index (χ2n) is 7.58. The van der Waals surface area contributed by atoms with Crippen molar-refractivity contribution in [1.82, 2.24) is 0 Å². The molecule has 1 aliphatic rings. The van der Waals surface area contributed by atoms with E-state index in [9.17, 15) is 8.78 Å². The van der Waals surface area contributed by atoms with Crippen LogP contribution in [0.4, 0.5) is 8.78 Å². The highest BCUT2D eigenvalue weighted by atomic mass is 19.1. The lowest BCUT2D eigenvalue weighted by Crippen LogP contribution is -2.21. The van der Waals surface area contributed by atoms with Crippen molar-refractivity contribution in [3.05, 3.63) is 71.3 Å². The van der Waals surface area contributed by atoms with E-state index in [1.165, 1.54) is 6.07 Å². The van der Waals surface area contributed by atoms with Crippen molar-refractivity contribution in [2.24, 2.45) is 0 Å². The molecule has 3 heteroatoms. The number of hydrogen-bond acceptors (Lipinski definition) is 1. The van der Waals surface area contributed by atoms with Crippen molar-refractivity contribution in [2.75, 3.05) is 6.61 Å². The molecule has 0 radical (unpaired) electrons. The van der Waals surface area contributed by atoms with Crippen molar-refractivity contribution >= 4 is 0 Å². The Morgan fingerprint density at radius 1 is 0.964 bits per heavy atom. The highest BCUT2D eigenvalue weighted by molar-refractivity contribution is 5.64. The summed E-state index contributed by atoms with van der Waals surface area (Å²) < 4.78 is 34.9. The van der Waals surface area contributed by atoms with Crippen molar-refractivity contribution in [2.45, 2.75) is 64.4 Å². The Bertz CT molecular complexity index is 804. The molecule has 1 aliphatic carbocycles. The molecule has 0 aliphatic heterocycles. The van der Waals surface area contributed by atoms with E-state index >= 15 is 0 Å². The van der Waals surface area contributed by atoms with E-state index in [0.29, 0.717) is 18.1 Å². The van der Waals surface area contributed by atoms with Crippen LogP contribution in [0.25, 0.3) is 11.1 Å². The molecule has 2 aromatic carbocycles. The van der Waals surface area contributed by atoms with Gasteiger partial charge in [-0.2, -0.15) is 0 Å². The molecule has 0 heterocycles. The van der Waals surface area contributed by atoms with E-state index in [-0.39, 0.29) is 17.6 Å². The van der Waals surface area contributed by atoms with Crippen molar-refractivity contribution in [3.63, 3.8) is 0 Å². The molecule has 1 fully saturated rings. The predicted octanol–water partition coefficient (Wildman–Crippen LogP) is 7.20. The molecule has 0 amide bonds. The van der Waals surface area contributed by atoms with Crippen LogP contribution >= 0.6 is 0 Å². The summed E-state index contributed by atoms with van der Waals surface area (Å²) in [5.74, 6) is -0.160. The molecule has 0 unspecified atom stereocenters. The summed E-state index contributed by atoms with van der Waals surface area (Å²) in [5.41, 5.74) is 2.92. The summed E-state index contributed by atoms with van der Waals surface area (Å²) >= 11 is 0. The van der Waals surface area contributed by atoms with Gasteiger partial charge in [0.25, 0.3) is 0 Å². The smallest absolute Gasteiger partial charge is 0.127 e. The minimum atomic E-state index is -0.222. The highest BCUT2D eigenvalue weighted by Gasteiger charge is 2.24. The number of halogens is 2. The fraction of sp³-hybridized carbons (Fsp3) is 0.440. The van der Waals surface area contributed by atoms with Gasteiger partial charge in [-0.1, -0.05) is 36.4 Å². The lowest BCUT2D eigenvalue weighted by atomic mass is 9.82. The van der Waals surface area contributed by atoms with Crippen molar-refractivity contribution in [1.29, 1.82) is 0 Å². The Morgan fingerprint density at radius 3 is 2.25 bits per heavy atom. The van der Waals surface area contributed by atoms with E-state index in [2.05, 4.69) is 0 Å². The van der Waals surface area contributed by atoms with Gasteiger partial charge >= 0.3 is 0 Å². The summed E-state index contributed by atoms with van der Waals surface area (Å²) in [7, 11) is 0. The SMILES string of the molecule is C/C=C/CCc1ccc(-c2ccc(C3CCC(OCC)CC3)c(F)c2)cc1F. The second kappa shape index (κ2) is 9.97. The quantitative estimate of drug-likeness (QED) is 0.459. The maximum absolute atomic E-state index is 14.8. The second-order valence-corrected chi connectivity index (χ2v) is 7.58. The average molecular weight is 385 g/mol. The maximum atomic E-state index is 14.8. The molecule has 0 bridgehead atoms. The van der Waals surface area contributed by atoms with E-state index < -0.39 is 0 Å². The largest absolute Gasteiger partial charge is 0.379 e. The van der Waals surface area contributed by atoms with Crippen LogP contribution in [0.1, 0.15) is 63.0 Å². The molecule has 0 atom stereocenters. The molecule has 0 N–H and O–H groups in total. The minimum absolute atomic E-state index is 0.185. The molecule has 1 saturated carbocycles. The highest BCUT2D eigenvalue weighted by Crippen LogP contribution is 2.36. The Labute approximate surface area is 167 Å². The Balaban J connectivity index is 1.71. The number of rotatable bonds is 7. The zero-order chi connectivity index (χ0) is 19.9. The van der Waals surface area contributed by atoms with E-state index in [0.717, 1.165) is 55.4 Å². The molecular formula is C25H30F2O. The van der Waals surface area contributed by atoms with Gasteiger partial charge in [-0.3, -0.25) is 0 Å². The summed E-state index contributed by atoms with van der Waals surface area (Å²) in [4.78, 5) is 0. The van der Waals surface area contributed by atoms with Gasteiger partial charge in [0, 0.05) is 6.61 Å². The number of aryl methyl sites for hydroxylation is 1. The first-order valence-corrected chi connectivity index (χ1v) is 10.4. The first-order valence-electron chi connectivity index (χ1n) is 10.4. The lowest BCUT2D eigenvalue weighted by Gasteiger charge is -2.28. The van der Waals surface area contributed by atoms with Crippen LogP contribution in [-0.4, -0.2) is 12.7 Å². The third kappa shape index (κ3) is 5.08. The third-order valence-electron chi connectivity index (χ3n) is 5.72. The number of benzene rings is 2. The Hall–Kier alpha value is -2.00. The fourth-order valence-corrected chi connectivity index (χ4v) is 4.15. The number of allylic oxidation sites excluding steroid dienone is 2. The summed E-state index contributed by atoms with van der Waals surface area (Å²) in [6.45, 7) is 4.72. The van der Waals surface area contributed by atoms with E-state index in [4.69, 9.17) is 4.74 Å². The van der Waals surface area contributed by atoms with Gasteiger partial charge in [0.1, 0.15) is 11.6 Å². The lowest BCUT2D eigenvalue weighted by molar-refractivity contribution is 0.0326. The Kier molecular flexibility index (Phi) is 7.38. The first kappa shape index (κ1) is 20.7. The average Bonchev–Trinajstić information content (AvgIpc) is 2.70. The van der Waals surface area contributed by atoms with Crippen molar-refractivity contribution in [3.8, 4) is 11.1 Å². The van der Waals surface area contributed by atoms with Crippen LogP contribution in [0, 0.1) is 11.6 Å². The van der Waals surface area contributed by atoms with E-state index in [1.807, 2.05) is 50.3 Å². The van der Waals surface area contributed by atoms with Crippen LogP contribution < -0.4 is 0 Å². The van der Waals surface area contributed by atoms with Gasteiger partial charge < -0.3 is 4.74 Å². The Morgan fingerprint density at radius 2 is 1.64 bits per heavy atom. The molecule has 0 aromatic heterocycles. The van der Waals surface area contributed by atoms with Crippen LogP contribution in [0.15, 0.2) is 48.6 Å². The molecule has 3 rings (SSSR count). The molecule has 2 aromatic rings. The number of ether oxygens (including phenoxy) is 1. The number of hydrogen-bond donors (Lipinski definition) is 0. The standard InChI is InChI=1S/C25H30F2O/c1-3-5-6-7-19-8-9-20(16-24(19)26)21-12-15-23(25(27)17-21)18-10-13-22(14-11-18)28-4-2/h3,5,8-9,12,15-18,22H,4,6-7,10-11,13-14H2,1-2H3/b5-3+. The summed E-state index contributed by atoms with van der Waals surface area (Å²) in [6, 6.07) is 10.6. The van der Waals surface area contributed by atoms with Crippen molar-refractivity contribution < 1.29 is 13.5 Å². The topological polar surface area (TPSA) is 9.23 Å². The van der Waals surface area contributed by atoms with Gasteiger partial charge in [-0.15, -0.1) is 0 Å². The third-order valence-corrected chi connectivity index (χ3v) is 5.72. The molecule has 28 heavy (non-hydrogen) atoms.